The number of hydrogen-bond donors (Lipinski definition) is 2. The van der Waals surface area contributed by atoms with Crippen LogP contribution in [0.15, 0.2) is 47.0 Å². The van der Waals surface area contributed by atoms with E-state index in [1.54, 1.807) is 32.2 Å². The Morgan fingerprint density at radius 2 is 2.21 bits per heavy atom. The molecular formula is C22H23N3O4. The Morgan fingerprint density at radius 1 is 1.34 bits per heavy atom. The Morgan fingerprint density at radius 3 is 3.00 bits per heavy atom. The number of nitrogens with one attached hydrogen (secondary N) is 1. The van der Waals surface area contributed by atoms with Gasteiger partial charge in [0.05, 0.1) is 12.1 Å². The highest BCUT2D eigenvalue weighted by Gasteiger charge is 2.25. The monoisotopic (exact) mass is 393 g/mol. The van der Waals surface area contributed by atoms with Gasteiger partial charge in [-0.15, -0.1) is 0 Å². The molecule has 29 heavy (non-hydrogen) atoms. The molecule has 0 bridgehead atoms. The zero-order valence-corrected chi connectivity index (χ0v) is 16.4. The third kappa shape index (κ3) is 4.06. The highest BCUT2D eigenvalue weighted by atomic mass is 16.5. The van der Waals surface area contributed by atoms with Gasteiger partial charge in [0.2, 0.25) is 5.82 Å². The van der Waals surface area contributed by atoms with Crippen LogP contribution in [0, 0.1) is 0 Å². The summed E-state index contributed by atoms with van der Waals surface area (Å²) in [5, 5.41) is 16.9. The molecule has 7 nitrogen and oxygen atoms in total. The van der Waals surface area contributed by atoms with E-state index in [4.69, 9.17) is 9.26 Å². The normalized spacial score (nSPS) is 16.4. The van der Waals surface area contributed by atoms with Crippen molar-refractivity contribution in [2.24, 2.45) is 0 Å². The number of carbonyl (C=O) groups excluding carboxylic acids is 1. The van der Waals surface area contributed by atoms with Crippen molar-refractivity contribution in [3.8, 4) is 11.4 Å². The highest BCUT2D eigenvalue weighted by molar-refractivity contribution is 5.94. The molecule has 1 aromatic heterocycles. The van der Waals surface area contributed by atoms with Gasteiger partial charge in [0.1, 0.15) is 6.61 Å². The average Bonchev–Trinajstić information content (AvgIpc) is 3.35. The van der Waals surface area contributed by atoms with Crippen molar-refractivity contribution in [3.05, 3.63) is 70.6 Å². The minimum atomic E-state index is -0.608. The molecule has 0 fully saturated rings. The van der Waals surface area contributed by atoms with Gasteiger partial charge in [-0.3, -0.25) is 4.79 Å². The number of hydrogen-bond acceptors (Lipinski definition) is 6. The number of carbonyl (C=O) groups is 1. The number of benzene rings is 2. The van der Waals surface area contributed by atoms with Crippen molar-refractivity contribution in [2.75, 3.05) is 7.11 Å². The van der Waals surface area contributed by atoms with Crippen molar-refractivity contribution in [2.45, 2.75) is 38.5 Å². The van der Waals surface area contributed by atoms with Crippen molar-refractivity contribution in [3.63, 3.8) is 0 Å². The van der Waals surface area contributed by atoms with Gasteiger partial charge in [-0.25, -0.2) is 0 Å². The minimum absolute atomic E-state index is 0.0453. The molecule has 3 aromatic rings. The van der Waals surface area contributed by atoms with Crippen molar-refractivity contribution in [1.29, 1.82) is 0 Å². The molecule has 0 aliphatic heterocycles. The van der Waals surface area contributed by atoms with E-state index >= 15 is 0 Å². The second kappa shape index (κ2) is 8.14. The maximum Gasteiger partial charge on any atom is 0.252 e. The Hall–Kier alpha value is -3.03. The predicted molar refractivity (Wildman–Crippen MR) is 106 cm³/mol. The first-order valence-corrected chi connectivity index (χ1v) is 9.58. The quantitative estimate of drug-likeness (QED) is 0.667. The summed E-state index contributed by atoms with van der Waals surface area (Å²) in [7, 11) is 1.58. The maximum absolute atomic E-state index is 12.7. The molecule has 2 aromatic carbocycles. The zero-order chi connectivity index (χ0) is 20.4. The summed E-state index contributed by atoms with van der Waals surface area (Å²) in [4.78, 5) is 17.0. The predicted octanol–water partition coefficient (Wildman–Crippen LogP) is 3.35. The summed E-state index contributed by atoms with van der Waals surface area (Å²) < 4.78 is 10.2. The number of ether oxygens (including phenoxy) is 1. The third-order valence-corrected chi connectivity index (χ3v) is 5.15. The lowest BCUT2D eigenvalue weighted by Gasteiger charge is -2.15. The van der Waals surface area contributed by atoms with E-state index in [-0.39, 0.29) is 18.6 Å². The molecule has 2 atom stereocenters. The molecule has 2 N–H and O–H groups in total. The van der Waals surface area contributed by atoms with Crippen LogP contribution in [0.3, 0.4) is 0 Å². The zero-order valence-electron chi connectivity index (χ0n) is 16.4. The van der Waals surface area contributed by atoms with Crippen LogP contribution < -0.4 is 5.32 Å². The summed E-state index contributed by atoms with van der Waals surface area (Å²) in [6.45, 7) is 1.96. The van der Waals surface area contributed by atoms with Crippen LogP contribution in [0.5, 0.6) is 0 Å². The molecule has 1 heterocycles. The molecule has 0 spiro atoms. The first-order valence-electron chi connectivity index (χ1n) is 9.58. The van der Waals surface area contributed by atoms with E-state index in [2.05, 4.69) is 21.5 Å². The lowest BCUT2D eigenvalue weighted by molar-refractivity contribution is 0.0936. The molecule has 7 heteroatoms. The number of aromatic nitrogens is 2. The number of nitrogens with zero attached hydrogens (tertiary/aromatic N) is 2. The first-order chi connectivity index (χ1) is 14.0. The van der Waals surface area contributed by atoms with Gasteiger partial charge < -0.3 is 19.7 Å². The highest BCUT2D eigenvalue weighted by Crippen LogP contribution is 2.34. The fourth-order valence-electron chi connectivity index (χ4n) is 3.64. The molecular weight excluding hydrogens is 370 g/mol. The van der Waals surface area contributed by atoms with Crippen LogP contribution in [0.4, 0.5) is 0 Å². The number of aliphatic hydroxyl groups excluding tert-OH is 1. The molecule has 1 aliphatic rings. The van der Waals surface area contributed by atoms with E-state index in [9.17, 15) is 9.90 Å². The Labute approximate surface area is 168 Å². The molecule has 1 amide bonds. The number of aliphatic hydroxyl groups is 1. The average molecular weight is 393 g/mol. The number of fused-ring (bicyclic) bond motifs is 1. The Bertz CT molecular complexity index is 1030. The van der Waals surface area contributed by atoms with Gasteiger partial charge >= 0.3 is 0 Å². The lowest BCUT2D eigenvalue weighted by atomic mass is 10.0. The fraction of sp³-hybridized carbons (Fsp3) is 0.318. The van der Waals surface area contributed by atoms with Crippen LogP contribution in [-0.4, -0.2) is 28.3 Å². The maximum atomic E-state index is 12.7. The summed E-state index contributed by atoms with van der Waals surface area (Å²) in [6.07, 6.45) is 1.09. The molecule has 0 radical (unpaired) electrons. The van der Waals surface area contributed by atoms with Crippen LogP contribution in [-0.2, 0) is 17.8 Å². The summed E-state index contributed by atoms with van der Waals surface area (Å²) in [5.41, 5.74) is 4.43. The third-order valence-electron chi connectivity index (χ3n) is 5.15. The number of amides is 1. The molecule has 150 valence electrons. The Kier molecular flexibility index (Phi) is 5.42. The number of methoxy groups -OCH3 is 1. The van der Waals surface area contributed by atoms with E-state index in [1.165, 1.54) is 5.56 Å². The molecule has 0 saturated carbocycles. The minimum Gasteiger partial charge on any atom is -0.389 e. The lowest BCUT2D eigenvalue weighted by Crippen LogP contribution is -2.27. The topological polar surface area (TPSA) is 97.5 Å². The fourth-order valence-corrected chi connectivity index (χ4v) is 3.64. The van der Waals surface area contributed by atoms with Gasteiger partial charge in [0, 0.05) is 18.2 Å². The van der Waals surface area contributed by atoms with Gasteiger partial charge in [-0.1, -0.05) is 29.4 Å². The van der Waals surface area contributed by atoms with Gasteiger partial charge in [0.15, 0.2) is 0 Å². The molecule has 0 unspecified atom stereocenters. The van der Waals surface area contributed by atoms with Crippen molar-refractivity contribution >= 4 is 5.91 Å². The van der Waals surface area contributed by atoms with Crippen molar-refractivity contribution < 1.29 is 19.2 Å². The second-order valence-corrected chi connectivity index (χ2v) is 7.22. The van der Waals surface area contributed by atoms with Crippen LogP contribution in [0.25, 0.3) is 11.4 Å². The van der Waals surface area contributed by atoms with Crippen LogP contribution in [0.1, 0.15) is 58.4 Å². The number of aryl methyl sites for hydroxylation is 1. The first kappa shape index (κ1) is 19.3. The van der Waals surface area contributed by atoms with Gasteiger partial charge in [0.25, 0.3) is 11.8 Å². The second-order valence-electron chi connectivity index (χ2n) is 7.22. The summed E-state index contributed by atoms with van der Waals surface area (Å²) >= 11 is 0. The van der Waals surface area contributed by atoms with Crippen molar-refractivity contribution in [1.82, 2.24) is 15.5 Å². The van der Waals surface area contributed by atoms with Gasteiger partial charge in [-0.05, 0) is 54.7 Å². The largest absolute Gasteiger partial charge is 0.389 e. The Balaban J connectivity index is 1.50. The van der Waals surface area contributed by atoms with Crippen LogP contribution in [0.2, 0.25) is 0 Å². The molecule has 0 saturated heterocycles. The number of rotatable bonds is 6. The summed E-state index contributed by atoms with van der Waals surface area (Å²) in [6, 6.07) is 13.0. The SMILES string of the molecule is COCc1nc(-c2ccc3c(c2)CC[C@H]3NC(=O)c2cccc([C@@H](C)O)c2)no1. The molecule has 1 aliphatic carbocycles. The molecule has 4 rings (SSSR count). The van der Waals surface area contributed by atoms with E-state index in [1.807, 2.05) is 18.2 Å². The standard InChI is InChI=1S/C22H23N3O4/c1-13(26)14-4-3-5-17(10-14)22(27)23-19-9-7-15-11-16(6-8-18(15)19)21-24-20(12-28-2)29-25-21/h3-6,8,10-11,13,19,26H,7,9,12H2,1-2H3,(H,23,27)/t13-,19-/m1/s1. The smallest absolute Gasteiger partial charge is 0.252 e. The van der Waals surface area contributed by atoms with Gasteiger partial charge in [-0.2, -0.15) is 4.98 Å². The van der Waals surface area contributed by atoms with Crippen LogP contribution >= 0.6 is 0 Å². The van der Waals surface area contributed by atoms with E-state index < -0.39 is 6.10 Å². The summed E-state index contributed by atoms with van der Waals surface area (Å²) in [5.74, 6) is 0.826. The van der Waals surface area contributed by atoms with E-state index in [0.29, 0.717) is 17.3 Å². The van der Waals surface area contributed by atoms with E-state index in [0.717, 1.165) is 29.5 Å².